The Balaban J connectivity index is 1.74. The smallest absolute Gasteiger partial charge is 0.129 e. The molecule has 0 unspecified atom stereocenters. The van der Waals surface area contributed by atoms with Crippen LogP contribution in [0.1, 0.15) is 43.9 Å². The molecule has 110 valence electrons. The van der Waals surface area contributed by atoms with Crippen LogP contribution in [-0.4, -0.2) is 24.6 Å². The molecule has 3 heteroatoms. The number of rotatable bonds is 8. The predicted octanol–water partition coefficient (Wildman–Crippen LogP) is 3.13. The Morgan fingerprint density at radius 3 is 2.35 bits per heavy atom. The lowest BCUT2D eigenvalue weighted by atomic mass is 10.2. The van der Waals surface area contributed by atoms with Crippen LogP contribution >= 0.6 is 0 Å². The molecule has 1 heterocycles. The van der Waals surface area contributed by atoms with E-state index in [1.54, 1.807) is 0 Å². The molecule has 0 bridgehead atoms. The van der Waals surface area contributed by atoms with E-state index in [4.69, 9.17) is 4.98 Å². The van der Waals surface area contributed by atoms with Crippen molar-refractivity contribution in [2.45, 2.75) is 46.1 Å². The maximum absolute atomic E-state index is 4.80. The molecule has 0 atom stereocenters. The summed E-state index contributed by atoms with van der Waals surface area (Å²) in [5, 5.41) is 3.42. The molecule has 3 nitrogen and oxygen atoms in total. The monoisotopic (exact) mass is 273 g/mol. The van der Waals surface area contributed by atoms with Crippen molar-refractivity contribution < 1.29 is 0 Å². The van der Waals surface area contributed by atoms with Gasteiger partial charge in [-0.05, 0) is 68.7 Å². The lowest BCUT2D eigenvalue weighted by Gasteiger charge is -2.24. The minimum atomic E-state index is 0.924. The van der Waals surface area contributed by atoms with Gasteiger partial charge in [-0.15, -0.1) is 0 Å². The highest BCUT2D eigenvalue weighted by atomic mass is 15.2. The van der Waals surface area contributed by atoms with Crippen molar-refractivity contribution in [1.82, 2.24) is 10.3 Å². The molecule has 1 aromatic rings. The zero-order chi connectivity index (χ0) is 13.9. The van der Waals surface area contributed by atoms with Crippen LogP contribution in [0.4, 0.5) is 5.82 Å². The van der Waals surface area contributed by atoms with Gasteiger partial charge in [-0.25, -0.2) is 4.98 Å². The first-order chi connectivity index (χ1) is 9.74. The minimum absolute atomic E-state index is 0.924. The third-order valence-electron chi connectivity index (χ3n) is 4.25. The van der Waals surface area contributed by atoms with Crippen molar-refractivity contribution >= 4 is 5.82 Å². The van der Waals surface area contributed by atoms with Crippen LogP contribution in [0.5, 0.6) is 0 Å². The van der Waals surface area contributed by atoms with Crippen LogP contribution in [0.2, 0.25) is 0 Å². The fraction of sp³-hybridized carbons (Fsp3) is 0.706. The predicted molar refractivity (Wildman–Crippen MR) is 84.0 cm³/mol. The Labute approximate surface area is 122 Å². The second-order valence-electron chi connectivity index (χ2n) is 6.55. The number of aromatic nitrogens is 1. The van der Waals surface area contributed by atoms with Crippen molar-refractivity contribution in [1.29, 1.82) is 0 Å². The summed E-state index contributed by atoms with van der Waals surface area (Å²) in [5.74, 6) is 3.05. The zero-order valence-corrected chi connectivity index (χ0v) is 12.9. The van der Waals surface area contributed by atoms with Gasteiger partial charge in [0.2, 0.25) is 0 Å². The van der Waals surface area contributed by atoms with E-state index in [2.05, 4.69) is 36.2 Å². The number of anilines is 1. The van der Waals surface area contributed by atoms with Crippen molar-refractivity contribution in [2.75, 3.05) is 24.5 Å². The average molecular weight is 273 g/mol. The highest BCUT2D eigenvalue weighted by molar-refractivity contribution is 5.43. The normalized spacial score (nSPS) is 18.3. The molecule has 0 aliphatic heterocycles. The average Bonchev–Trinajstić information content (AvgIpc) is 3.30. The summed E-state index contributed by atoms with van der Waals surface area (Å²) in [6, 6.07) is 4.50. The van der Waals surface area contributed by atoms with Crippen molar-refractivity contribution in [3.05, 3.63) is 23.4 Å². The Morgan fingerprint density at radius 1 is 1.15 bits per heavy atom. The Kier molecular flexibility index (Phi) is 4.25. The number of nitrogens with one attached hydrogen (secondary N) is 1. The molecule has 3 rings (SSSR count). The first kappa shape index (κ1) is 13.9. The summed E-state index contributed by atoms with van der Waals surface area (Å²) < 4.78 is 0. The molecule has 0 saturated heterocycles. The van der Waals surface area contributed by atoms with E-state index in [1.165, 1.54) is 50.2 Å². The number of hydrogen-bond donors (Lipinski definition) is 1. The maximum Gasteiger partial charge on any atom is 0.129 e. The van der Waals surface area contributed by atoms with Crippen LogP contribution < -0.4 is 10.2 Å². The molecule has 0 aromatic carbocycles. The zero-order valence-electron chi connectivity index (χ0n) is 12.9. The van der Waals surface area contributed by atoms with Gasteiger partial charge in [0.15, 0.2) is 0 Å². The second kappa shape index (κ2) is 6.13. The van der Waals surface area contributed by atoms with Gasteiger partial charge in [-0.1, -0.05) is 6.92 Å². The van der Waals surface area contributed by atoms with E-state index in [1.807, 2.05) is 0 Å². The highest BCUT2D eigenvalue weighted by Gasteiger charge is 2.29. The molecule has 2 aliphatic carbocycles. The van der Waals surface area contributed by atoms with Gasteiger partial charge in [0.05, 0.1) is 0 Å². The second-order valence-corrected chi connectivity index (χ2v) is 6.55. The molecule has 2 fully saturated rings. The summed E-state index contributed by atoms with van der Waals surface area (Å²) >= 11 is 0. The number of pyridine rings is 1. The maximum atomic E-state index is 4.80. The Bertz CT molecular complexity index is 436. The minimum Gasteiger partial charge on any atom is -0.356 e. The molecule has 1 aromatic heterocycles. The summed E-state index contributed by atoms with van der Waals surface area (Å²) in [5.41, 5.74) is 2.51. The number of aryl methyl sites for hydroxylation is 1. The van der Waals surface area contributed by atoms with Crippen molar-refractivity contribution in [3.8, 4) is 0 Å². The van der Waals surface area contributed by atoms with Gasteiger partial charge in [0.1, 0.15) is 5.82 Å². The quantitative estimate of drug-likeness (QED) is 0.789. The fourth-order valence-corrected chi connectivity index (χ4v) is 2.74. The molecule has 0 radical (unpaired) electrons. The van der Waals surface area contributed by atoms with Gasteiger partial charge in [0.25, 0.3) is 0 Å². The Hall–Kier alpha value is -1.09. The van der Waals surface area contributed by atoms with Crippen LogP contribution in [0.25, 0.3) is 0 Å². The fourth-order valence-electron chi connectivity index (χ4n) is 2.74. The van der Waals surface area contributed by atoms with E-state index in [-0.39, 0.29) is 0 Å². The molecule has 2 aliphatic rings. The lowest BCUT2D eigenvalue weighted by molar-refractivity contribution is 0.668. The first-order valence-electron chi connectivity index (χ1n) is 8.18. The molecule has 1 N–H and O–H groups in total. The van der Waals surface area contributed by atoms with Crippen molar-refractivity contribution in [3.63, 3.8) is 0 Å². The lowest BCUT2D eigenvalue weighted by Crippen LogP contribution is -2.29. The van der Waals surface area contributed by atoms with Crippen LogP contribution in [0.3, 0.4) is 0 Å². The van der Waals surface area contributed by atoms with Gasteiger partial charge in [-0.3, -0.25) is 0 Å². The summed E-state index contributed by atoms with van der Waals surface area (Å²) in [7, 11) is 0. The summed E-state index contributed by atoms with van der Waals surface area (Å²) in [4.78, 5) is 7.36. The highest BCUT2D eigenvalue weighted by Crippen LogP contribution is 2.35. The molecule has 20 heavy (non-hydrogen) atoms. The topological polar surface area (TPSA) is 28.2 Å². The van der Waals surface area contributed by atoms with E-state index in [0.29, 0.717) is 0 Å². The molecule has 0 spiro atoms. The van der Waals surface area contributed by atoms with E-state index in [9.17, 15) is 0 Å². The van der Waals surface area contributed by atoms with Crippen LogP contribution in [-0.2, 0) is 6.54 Å². The van der Waals surface area contributed by atoms with Gasteiger partial charge in [-0.2, -0.15) is 0 Å². The molecular weight excluding hydrogens is 246 g/mol. The van der Waals surface area contributed by atoms with E-state index >= 15 is 0 Å². The standard InChI is InChI=1S/C17H27N3/c1-3-18-10-16-8-13(2)19-17(9-16)20(11-14-4-5-14)12-15-6-7-15/h8-9,14-15,18H,3-7,10-12H2,1-2H3. The first-order valence-corrected chi connectivity index (χ1v) is 8.18. The Morgan fingerprint density at radius 2 is 1.80 bits per heavy atom. The van der Waals surface area contributed by atoms with E-state index < -0.39 is 0 Å². The van der Waals surface area contributed by atoms with Crippen LogP contribution in [0.15, 0.2) is 12.1 Å². The van der Waals surface area contributed by atoms with Gasteiger partial charge >= 0.3 is 0 Å². The third-order valence-corrected chi connectivity index (χ3v) is 4.25. The SMILES string of the molecule is CCNCc1cc(C)nc(N(CC2CC2)CC2CC2)c1. The largest absolute Gasteiger partial charge is 0.356 e. The van der Waals surface area contributed by atoms with Gasteiger partial charge in [0, 0.05) is 25.3 Å². The van der Waals surface area contributed by atoms with Crippen molar-refractivity contribution in [2.24, 2.45) is 11.8 Å². The van der Waals surface area contributed by atoms with Crippen LogP contribution in [0, 0.1) is 18.8 Å². The van der Waals surface area contributed by atoms with Gasteiger partial charge < -0.3 is 10.2 Å². The molecular formula is C17H27N3. The number of hydrogen-bond acceptors (Lipinski definition) is 3. The summed E-state index contributed by atoms with van der Waals surface area (Å²) in [6.45, 7) is 8.67. The van der Waals surface area contributed by atoms with E-state index in [0.717, 1.165) is 30.6 Å². The summed E-state index contributed by atoms with van der Waals surface area (Å²) in [6.07, 6.45) is 5.66. The molecule has 2 saturated carbocycles. The third kappa shape index (κ3) is 3.95. The molecule has 0 amide bonds. The number of nitrogens with zero attached hydrogens (tertiary/aromatic N) is 2.